The predicted octanol–water partition coefficient (Wildman–Crippen LogP) is 11.7. The van der Waals surface area contributed by atoms with Gasteiger partial charge in [-0.1, -0.05) is 88.7 Å². The van der Waals surface area contributed by atoms with Crippen LogP contribution < -0.4 is 28.7 Å². The lowest BCUT2D eigenvalue weighted by Gasteiger charge is -2.45. The Morgan fingerprint density at radius 2 is 0.940 bits per heavy atom. The molecular weight excluding hydrogens is 1140 g/mol. The highest BCUT2D eigenvalue weighted by Gasteiger charge is 2.47. The topological polar surface area (TPSA) is 192 Å². The molecule has 0 unspecified atom stereocenters. The Bertz CT molecular complexity index is 3110. The molecule has 456 valence electrons. The highest BCUT2D eigenvalue weighted by atomic mass is 35.5. The van der Waals surface area contributed by atoms with Gasteiger partial charge in [0.25, 0.3) is 11.8 Å². The maximum Gasteiger partial charge on any atom is 0.264 e. The van der Waals surface area contributed by atoms with Crippen molar-refractivity contribution in [3.8, 4) is 11.5 Å². The first-order valence-corrected chi connectivity index (χ1v) is 35.1. The molecule has 12 rings (SSSR count). The second-order valence-electron chi connectivity index (χ2n) is 26.8. The lowest BCUT2D eigenvalue weighted by atomic mass is 9.68. The van der Waals surface area contributed by atoms with Crippen LogP contribution in [0.5, 0.6) is 11.5 Å². The summed E-state index contributed by atoms with van der Waals surface area (Å²) in [5.74, 6) is 1.01. The van der Waals surface area contributed by atoms with Gasteiger partial charge in [-0.05, 0) is 208 Å². The van der Waals surface area contributed by atoms with Gasteiger partial charge in [0.05, 0.1) is 47.3 Å². The summed E-state index contributed by atoms with van der Waals surface area (Å²) in [6.07, 6.45) is 14.5. The molecule has 18 heteroatoms. The van der Waals surface area contributed by atoms with E-state index < -0.39 is 54.6 Å². The summed E-state index contributed by atoms with van der Waals surface area (Å²) >= 11 is 12.8. The molecule has 4 aliphatic heterocycles. The summed E-state index contributed by atoms with van der Waals surface area (Å²) in [6.45, 7) is 11.5. The number of fused-ring (bicyclic) bond motifs is 8. The van der Waals surface area contributed by atoms with Gasteiger partial charge in [-0.25, -0.2) is 26.3 Å². The van der Waals surface area contributed by atoms with E-state index >= 15 is 0 Å². The zero-order chi connectivity index (χ0) is 59.3. The van der Waals surface area contributed by atoms with Crippen LogP contribution >= 0.6 is 23.2 Å². The van der Waals surface area contributed by atoms with Crippen molar-refractivity contribution < 1.29 is 46.1 Å². The Hall–Kier alpha value is -4.58. The van der Waals surface area contributed by atoms with Crippen molar-refractivity contribution in [1.82, 2.24) is 9.44 Å². The van der Waals surface area contributed by atoms with Gasteiger partial charge >= 0.3 is 0 Å². The van der Waals surface area contributed by atoms with Crippen LogP contribution in [-0.4, -0.2) is 101 Å². The number of aliphatic hydroxyl groups excluding tert-OH is 2. The molecule has 2 amide bonds. The highest BCUT2D eigenvalue weighted by Crippen LogP contribution is 2.50. The number of carbonyl (C=O) groups excluding carboxylic acids is 2. The number of hydrogen-bond donors (Lipinski definition) is 4. The smallest absolute Gasteiger partial charge is 0.264 e. The summed E-state index contributed by atoms with van der Waals surface area (Å²) in [4.78, 5) is 31.6. The quantitative estimate of drug-likeness (QED) is 0.149. The highest BCUT2D eigenvalue weighted by molar-refractivity contribution is 7.91. The van der Waals surface area contributed by atoms with Crippen molar-refractivity contribution in [2.24, 2.45) is 35.5 Å². The van der Waals surface area contributed by atoms with Crippen molar-refractivity contribution in [3.63, 3.8) is 0 Å². The third kappa shape index (κ3) is 12.6. The molecule has 14 nitrogen and oxygen atoms in total. The zero-order valence-corrected chi connectivity index (χ0v) is 52.4. The van der Waals surface area contributed by atoms with E-state index in [0.29, 0.717) is 99.3 Å². The fourth-order valence-electron chi connectivity index (χ4n) is 15.8. The Kier molecular flexibility index (Phi) is 18.1. The molecule has 2 spiro atoms. The molecule has 2 saturated carbocycles. The Morgan fingerprint density at radius 1 is 0.536 bits per heavy atom. The summed E-state index contributed by atoms with van der Waals surface area (Å²) in [6, 6.07) is 22.9. The summed E-state index contributed by atoms with van der Waals surface area (Å²) in [7, 11) is -7.78. The molecule has 2 fully saturated rings. The standard InChI is InChI=1S/2C33H43ClN2O5S/c2*1-21(2)31-8-4-3-7-29(37)26-12-9-24(26)18-36-19-33(15-5-6-22-16-25(34)11-13-27(22)33)20-41-30-14-10-23(17-28(30)36)32(38)35-42(31,39)40/h2*10-11,13-14,16-17,21,24,26,29,31,37H,3-9,12,15,18-20H2,1-2H3,(H,35,38)/t24-,26+,29+,31+,33-;24-,26+,29+,31-,33-/m00/s1. The predicted molar refractivity (Wildman–Crippen MR) is 332 cm³/mol. The van der Waals surface area contributed by atoms with E-state index in [9.17, 15) is 36.6 Å². The Morgan fingerprint density at radius 3 is 1.32 bits per heavy atom. The van der Waals surface area contributed by atoms with Crippen molar-refractivity contribution in [2.75, 3.05) is 49.2 Å². The van der Waals surface area contributed by atoms with Gasteiger partial charge < -0.3 is 29.5 Å². The first kappa shape index (κ1) is 61.1. The maximum atomic E-state index is 13.4. The number of amides is 2. The van der Waals surface area contributed by atoms with E-state index in [2.05, 4.69) is 43.5 Å². The molecule has 4 aliphatic carbocycles. The van der Waals surface area contributed by atoms with Crippen molar-refractivity contribution in [2.45, 2.75) is 177 Å². The number of aliphatic hydroxyl groups is 2. The first-order valence-electron chi connectivity index (χ1n) is 31.2. The van der Waals surface area contributed by atoms with Gasteiger partial charge in [0, 0.05) is 58.2 Å². The van der Waals surface area contributed by atoms with Crippen molar-refractivity contribution in [3.05, 3.63) is 116 Å². The minimum atomic E-state index is -3.89. The number of rotatable bonds is 2. The van der Waals surface area contributed by atoms with E-state index in [1.165, 1.54) is 22.3 Å². The molecular formula is C66H86Cl2N4O10S2. The van der Waals surface area contributed by atoms with E-state index in [4.69, 9.17) is 32.7 Å². The molecule has 4 aromatic carbocycles. The number of benzene rings is 4. The van der Waals surface area contributed by atoms with Crippen LogP contribution in [0.4, 0.5) is 11.4 Å². The number of nitrogens with zero attached hydrogens (tertiary/aromatic N) is 2. The molecule has 4 heterocycles. The molecule has 0 radical (unpaired) electrons. The zero-order valence-electron chi connectivity index (χ0n) is 49.3. The molecule has 10 atom stereocenters. The molecule has 4 aromatic rings. The van der Waals surface area contributed by atoms with Crippen LogP contribution in [0.3, 0.4) is 0 Å². The van der Waals surface area contributed by atoms with Crippen LogP contribution in [0, 0.1) is 35.5 Å². The van der Waals surface area contributed by atoms with E-state index in [-0.39, 0.29) is 34.5 Å². The maximum absolute atomic E-state index is 13.4. The van der Waals surface area contributed by atoms with Gasteiger partial charge in [-0.15, -0.1) is 0 Å². The van der Waals surface area contributed by atoms with Gasteiger partial charge in [-0.3, -0.25) is 9.59 Å². The van der Waals surface area contributed by atoms with Crippen LogP contribution in [0.2, 0.25) is 10.0 Å². The van der Waals surface area contributed by atoms with Crippen LogP contribution in [0.25, 0.3) is 0 Å². The SMILES string of the molecule is CC(C)[C@@H]1CCCC[C@@H](O)[C@@H]2CC[C@H]2CN2C[C@@]3(CCCc4cc(Cl)ccc43)COc3ccc(cc32)C(=O)NS1(=O)=O.CC(C)[C@H]1CCCC[C@@H](O)[C@@H]2CC[C@H]2CN2C[C@@]3(CCCc4cc(Cl)ccc43)COc3ccc(cc32)C(=O)NS1(=O)=O. The van der Waals surface area contributed by atoms with Gasteiger partial charge in [0.15, 0.2) is 0 Å². The second-order valence-corrected chi connectivity index (χ2v) is 31.5. The summed E-state index contributed by atoms with van der Waals surface area (Å²) in [5, 5.41) is 22.5. The fraction of sp³-hybridized carbons (Fsp3) is 0.606. The first-order chi connectivity index (χ1) is 40.1. The largest absolute Gasteiger partial charge is 0.490 e. The molecule has 84 heavy (non-hydrogen) atoms. The van der Waals surface area contributed by atoms with Crippen molar-refractivity contribution >= 4 is 66.4 Å². The molecule has 4 N–H and O–H groups in total. The lowest BCUT2D eigenvalue weighted by Crippen LogP contribution is -2.49. The third-order valence-electron chi connectivity index (χ3n) is 20.7. The third-order valence-corrected chi connectivity index (χ3v) is 25.2. The number of carbonyl (C=O) groups is 2. The van der Waals surface area contributed by atoms with Gasteiger partial charge in [0.1, 0.15) is 11.5 Å². The number of halogens is 2. The average Bonchev–Trinajstić information content (AvgIpc) is 1.69. The number of anilines is 2. The normalized spacial score (nSPS) is 31.3. The Labute approximate surface area is 508 Å². The van der Waals surface area contributed by atoms with Gasteiger partial charge in [0.2, 0.25) is 20.0 Å². The number of ether oxygens (including phenoxy) is 2. The van der Waals surface area contributed by atoms with Crippen LogP contribution in [0.1, 0.15) is 173 Å². The second kappa shape index (κ2) is 24.9. The van der Waals surface area contributed by atoms with E-state index in [1.807, 2.05) is 52.0 Å². The molecule has 8 aliphatic rings. The minimum Gasteiger partial charge on any atom is -0.490 e. The minimum absolute atomic E-state index is 0.143. The van der Waals surface area contributed by atoms with Crippen LogP contribution in [0.15, 0.2) is 72.8 Å². The molecule has 0 aromatic heterocycles. The molecule has 4 bridgehead atoms. The monoisotopic (exact) mass is 1230 g/mol. The molecule has 0 saturated heterocycles. The Balaban J connectivity index is 0.000000175. The summed E-state index contributed by atoms with van der Waals surface area (Å²) in [5.41, 5.74) is 6.81. The van der Waals surface area contributed by atoms with E-state index in [0.717, 1.165) is 112 Å². The fourth-order valence-corrected chi connectivity index (χ4v) is 19.6. The van der Waals surface area contributed by atoms with Gasteiger partial charge in [-0.2, -0.15) is 0 Å². The summed E-state index contributed by atoms with van der Waals surface area (Å²) < 4.78 is 71.4. The average molecular weight is 1230 g/mol. The number of hydrogen-bond acceptors (Lipinski definition) is 12. The number of aryl methyl sites for hydroxylation is 2. The van der Waals surface area contributed by atoms with Crippen molar-refractivity contribution in [1.29, 1.82) is 0 Å². The van der Waals surface area contributed by atoms with Crippen LogP contribution in [-0.2, 0) is 43.7 Å². The number of nitrogens with one attached hydrogen (secondary N) is 2. The lowest BCUT2D eigenvalue weighted by molar-refractivity contribution is 0.00882. The van der Waals surface area contributed by atoms with E-state index in [1.54, 1.807) is 24.3 Å². The number of sulfonamides is 2.